The Hall–Kier alpha value is -0.120. The Balaban J connectivity index is 1.92. The molecule has 1 saturated heterocycles. The highest BCUT2D eigenvalue weighted by molar-refractivity contribution is 5.04. The standard InChI is InChI=1S/C15H30N2O/c1-4-6-14-11-17(9-5-10-18-3)15(2,12-16-14)13-7-8-13/h13-14,16H,4-12H2,1-3H3. The largest absolute Gasteiger partial charge is 0.385 e. The fraction of sp³-hybridized carbons (Fsp3) is 1.00. The lowest BCUT2D eigenvalue weighted by Gasteiger charge is -2.49. The van der Waals surface area contributed by atoms with E-state index in [9.17, 15) is 0 Å². The molecule has 0 spiro atoms. The Morgan fingerprint density at radius 2 is 2.17 bits per heavy atom. The molecule has 2 unspecified atom stereocenters. The number of nitrogens with one attached hydrogen (secondary N) is 1. The van der Waals surface area contributed by atoms with Crippen LogP contribution >= 0.6 is 0 Å². The number of methoxy groups -OCH3 is 1. The van der Waals surface area contributed by atoms with Crippen LogP contribution < -0.4 is 5.32 Å². The zero-order valence-corrected chi connectivity index (χ0v) is 12.4. The number of rotatable bonds is 7. The van der Waals surface area contributed by atoms with Crippen molar-refractivity contribution in [2.45, 2.75) is 57.5 Å². The van der Waals surface area contributed by atoms with Gasteiger partial charge in [0.15, 0.2) is 0 Å². The maximum absolute atomic E-state index is 5.21. The molecular formula is C15H30N2O. The molecule has 2 atom stereocenters. The van der Waals surface area contributed by atoms with Crippen LogP contribution in [0.15, 0.2) is 0 Å². The molecule has 1 heterocycles. The van der Waals surface area contributed by atoms with Gasteiger partial charge in [-0.25, -0.2) is 0 Å². The summed E-state index contributed by atoms with van der Waals surface area (Å²) in [4.78, 5) is 2.75. The van der Waals surface area contributed by atoms with Crippen LogP contribution in [0.25, 0.3) is 0 Å². The van der Waals surface area contributed by atoms with Gasteiger partial charge in [-0.3, -0.25) is 4.90 Å². The highest BCUT2D eigenvalue weighted by Crippen LogP contribution is 2.44. The zero-order valence-electron chi connectivity index (χ0n) is 12.4. The van der Waals surface area contributed by atoms with Crippen molar-refractivity contribution in [3.05, 3.63) is 0 Å². The fourth-order valence-electron chi connectivity index (χ4n) is 3.40. The quantitative estimate of drug-likeness (QED) is 0.705. The summed E-state index contributed by atoms with van der Waals surface area (Å²) in [6, 6.07) is 0.698. The molecule has 18 heavy (non-hydrogen) atoms. The van der Waals surface area contributed by atoms with Crippen LogP contribution in [0.5, 0.6) is 0 Å². The monoisotopic (exact) mass is 254 g/mol. The lowest BCUT2D eigenvalue weighted by Crippen LogP contribution is -2.64. The van der Waals surface area contributed by atoms with Gasteiger partial charge >= 0.3 is 0 Å². The summed E-state index contributed by atoms with van der Waals surface area (Å²) < 4.78 is 5.21. The highest BCUT2D eigenvalue weighted by Gasteiger charge is 2.47. The van der Waals surface area contributed by atoms with Crippen molar-refractivity contribution in [3.63, 3.8) is 0 Å². The van der Waals surface area contributed by atoms with Gasteiger partial charge in [-0.05, 0) is 38.5 Å². The van der Waals surface area contributed by atoms with E-state index in [0.717, 1.165) is 18.9 Å². The second-order valence-corrected chi connectivity index (χ2v) is 6.29. The van der Waals surface area contributed by atoms with Gasteiger partial charge in [0.05, 0.1) is 0 Å². The van der Waals surface area contributed by atoms with Crippen LogP contribution in [0.4, 0.5) is 0 Å². The predicted octanol–water partition coefficient (Wildman–Crippen LogP) is 2.27. The first-order valence-corrected chi connectivity index (χ1v) is 7.68. The fourth-order valence-corrected chi connectivity index (χ4v) is 3.40. The molecule has 0 aromatic heterocycles. The minimum Gasteiger partial charge on any atom is -0.385 e. The SMILES string of the molecule is CCCC1CN(CCCOC)C(C)(C2CC2)CN1. The maximum atomic E-state index is 5.21. The second kappa shape index (κ2) is 6.36. The van der Waals surface area contributed by atoms with E-state index < -0.39 is 0 Å². The zero-order chi connectivity index (χ0) is 13.0. The minimum atomic E-state index is 0.401. The first-order chi connectivity index (χ1) is 8.70. The first-order valence-electron chi connectivity index (χ1n) is 7.68. The van der Waals surface area contributed by atoms with E-state index in [2.05, 4.69) is 24.1 Å². The molecular weight excluding hydrogens is 224 g/mol. The van der Waals surface area contributed by atoms with Crippen LogP contribution in [-0.2, 0) is 4.74 Å². The smallest absolute Gasteiger partial charge is 0.0474 e. The molecule has 3 nitrogen and oxygen atoms in total. The van der Waals surface area contributed by atoms with Crippen LogP contribution in [0.3, 0.4) is 0 Å². The Morgan fingerprint density at radius 1 is 1.39 bits per heavy atom. The molecule has 106 valence electrons. The van der Waals surface area contributed by atoms with Crippen LogP contribution in [0.2, 0.25) is 0 Å². The molecule has 2 fully saturated rings. The third-order valence-corrected chi connectivity index (χ3v) is 4.78. The van der Waals surface area contributed by atoms with Crippen molar-refractivity contribution >= 4 is 0 Å². The van der Waals surface area contributed by atoms with Crippen LogP contribution in [-0.4, -0.2) is 49.8 Å². The van der Waals surface area contributed by atoms with E-state index in [0.29, 0.717) is 11.6 Å². The van der Waals surface area contributed by atoms with E-state index in [1.165, 1.54) is 45.3 Å². The number of piperazine rings is 1. The molecule has 0 aromatic rings. The molecule has 2 aliphatic rings. The van der Waals surface area contributed by atoms with Gasteiger partial charge in [-0.1, -0.05) is 13.3 Å². The third-order valence-electron chi connectivity index (χ3n) is 4.78. The molecule has 1 aliphatic carbocycles. The summed E-state index contributed by atoms with van der Waals surface area (Å²) in [5.41, 5.74) is 0.401. The Bertz CT molecular complexity index is 255. The van der Waals surface area contributed by atoms with Crippen molar-refractivity contribution in [3.8, 4) is 0 Å². The highest BCUT2D eigenvalue weighted by atomic mass is 16.5. The molecule has 2 rings (SSSR count). The average Bonchev–Trinajstić information content (AvgIpc) is 3.18. The van der Waals surface area contributed by atoms with E-state index >= 15 is 0 Å². The van der Waals surface area contributed by atoms with Crippen LogP contribution in [0, 0.1) is 5.92 Å². The van der Waals surface area contributed by atoms with Gasteiger partial charge in [0.2, 0.25) is 0 Å². The summed E-state index contributed by atoms with van der Waals surface area (Å²) in [5.74, 6) is 0.926. The summed E-state index contributed by atoms with van der Waals surface area (Å²) in [6.07, 6.45) is 6.61. The minimum absolute atomic E-state index is 0.401. The summed E-state index contributed by atoms with van der Waals surface area (Å²) in [5, 5.41) is 3.78. The van der Waals surface area contributed by atoms with E-state index in [1.54, 1.807) is 7.11 Å². The number of hydrogen-bond donors (Lipinski definition) is 1. The van der Waals surface area contributed by atoms with Gasteiger partial charge in [0, 0.05) is 44.9 Å². The van der Waals surface area contributed by atoms with Crippen molar-refractivity contribution in [1.82, 2.24) is 10.2 Å². The van der Waals surface area contributed by atoms with Gasteiger partial charge in [-0.15, -0.1) is 0 Å². The molecule has 1 saturated carbocycles. The molecule has 0 bridgehead atoms. The summed E-state index contributed by atoms with van der Waals surface area (Å²) in [7, 11) is 1.80. The van der Waals surface area contributed by atoms with Crippen LogP contribution in [0.1, 0.15) is 46.0 Å². The lowest BCUT2D eigenvalue weighted by atomic mass is 9.88. The molecule has 1 aliphatic heterocycles. The number of hydrogen-bond acceptors (Lipinski definition) is 3. The molecule has 0 amide bonds. The van der Waals surface area contributed by atoms with Crippen molar-refractivity contribution < 1.29 is 4.74 Å². The van der Waals surface area contributed by atoms with Crippen molar-refractivity contribution in [1.29, 1.82) is 0 Å². The summed E-state index contributed by atoms with van der Waals surface area (Å²) >= 11 is 0. The maximum Gasteiger partial charge on any atom is 0.0474 e. The number of ether oxygens (including phenoxy) is 1. The second-order valence-electron chi connectivity index (χ2n) is 6.29. The van der Waals surface area contributed by atoms with Gasteiger partial charge in [0.1, 0.15) is 0 Å². The van der Waals surface area contributed by atoms with E-state index in [1.807, 2.05) is 0 Å². The topological polar surface area (TPSA) is 24.5 Å². The molecule has 0 radical (unpaired) electrons. The Morgan fingerprint density at radius 3 is 2.78 bits per heavy atom. The Labute approximate surface area is 112 Å². The van der Waals surface area contributed by atoms with Gasteiger partial charge < -0.3 is 10.1 Å². The normalized spacial score (nSPS) is 33.8. The van der Waals surface area contributed by atoms with Gasteiger partial charge in [-0.2, -0.15) is 0 Å². The average molecular weight is 254 g/mol. The summed E-state index contributed by atoms with van der Waals surface area (Å²) in [6.45, 7) is 9.24. The lowest BCUT2D eigenvalue weighted by molar-refractivity contribution is 0.0263. The molecule has 3 heteroatoms. The predicted molar refractivity (Wildman–Crippen MR) is 75.9 cm³/mol. The Kier molecular flexibility index (Phi) is 5.05. The molecule has 0 aromatic carbocycles. The first kappa shape index (κ1) is 14.3. The van der Waals surface area contributed by atoms with Crippen molar-refractivity contribution in [2.75, 3.05) is 33.4 Å². The van der Waals surface area contributed by atoms with E-state index in [-0.39, 0.29) is 0 Å². The molecule has 1 N–H and O–H groups in total. The van der Waals surface area contributed by atoms with Gasteiger partial charge in [0.25, 0.3) is 0 Å². The van der Waals surface area contributed by atoms with E-state index in [4.69, 9.17) is 4.74 Å². The third kappa shape index (κ3) is 3.25. The number of nitrogens with zero attached hydrogens (tertiary/aromatic N) is 1. The van der Waals surface area contributed by atoms with Crippen molar-refractivity contribution in [2.24, 2.45) is 5.92 Å².